The van der Waals surface area contributed by atoms with Crippen molar-refractivity contribution in [3.63, 3.8) is 0 Å². The van der Waals surface area contributed by atoms with E-state index in [-0.39, 0.29) is 12.1 Å². The third-order valence-corrected chi connectivity index (χ3v) is 2.23. The summed E-state index contributed by atoms with van der Waals surface area (Å²) in [6, 6.07) is 3.88. The fourth-order valence-corrected chi connectivity index (χ4v) is 1.16. The largest absolute Gasteiger partial charge is 0.394 e. The van der Waals surface area contributed by atoms with E-state index in [1.54, 1.807) is 6.20 Å². The highest BCUT2D eigenvalue weighted by atomic mass is 127. The van der Waals surface area contributed by atoms with Crippen LogP contribution >= 0.6 is 22.6 Å². The first-order valence-electron chi connectivity index (χ1n) is 4.04. The van der Waals surface area contributed by atoms with Gasteiger partial charge in [-0.25, -0.2) is 4.98 Å². The van der Waals surface area contributed by atoms with E-state index in [4.69, 9.17) is 5.11 Å². The smallest absolute Gasteiger partial charge is 0.126 e. The van der Waals surface area contributed by atoms with Gasteiger partial charge < -0.3 is 10.4 Å². The van der Waals surface area contributed by atoms with Gasteiger partial charge >= 0.3 is 0 Å². The van der Waals surface area contributed by atoms with Crippen molar-refractivity contribution in [1.29, 1.82) is 0 Å². The van der Waals surface area contributed by atoms with E-state index in [9.17, 15) is 0 Å². The van der Waals surface area contributed by atoms with Crippen LogP contribution in [0.5, 0.6) is 0 Å². The number of hydrogen-bond acceptors (Lipinski definition) is 3. The molecule has 13 heavy (non-hydrogen) atoms. The van der Waals surface area contributed by atoms with Crippen molar-refractivity contribution in [3.05, 3.63) is 21.9 Å². The van der Waals surface area contributed by atoms with E-state index < -0.39 is 0 Å². The molecule has 0 aromatic carbocycles. The van der Waals surface area contributed by atoms with E-state index >= 15 is 0 Å². The Bertz CT molecular complexity index is 271. The molecule has 4 heteroatoms. The molecule has 1 heterocycles. The van der Waals surface area contributed by atoms with Crippen LogP contribution in [-0.4, -0.2) is 22.2 Å². The van der Waals surface area contributed by atoms with Crippen molar-refractivity contribution in [2.24, 2.45) is 0 Å². The Morgan fingerprint density at radius 1 is 1.54 bits per heavy atom. The predicted molar refractivity (Wildman–Crippen MR) is 61.7 cm³/mol. The average molecular weight is 292 g/mol. The highest BCUT2D eigenvalue weighted by Crippen LogP contribution is 2.12. The van der Waals surface area contributed by atoms with E-state index in [0.717, 1.165) is 9.39 Å². The van der Waals surface area contributed by atoms with Crippen LogP contribution in [0.1, 0.15) is 13.8 Å². The molecule has 2 N–H and O–H groups in total. The van der Waals surface area contributed by atoms with Crippen LogP contribution in [0.25, 0.3) is 0 Å². The van der Waals surface area contributed by atoms with Crippen molar-refractivity contribution < 1.29 is 5.11 Å². The summed E-state index contributed by atoms with van der Waals surface area (Å²) in [5.41, 5.74) is -0.320. The highest BCUT2D eigenvalue weighted by molar-refractivity contribution is 14.1. The van der Waals surface area contributed by atoms with E-state index in [1.807, 2.05) is 26.0 Å². The first-order chi connectivity index (χ1) is 6.03. The molecule has 0 atom stereocenters. The highest BCUT2D eigenvalue weighted by Gasteiger charge is 2.15. The van der Waals surface area contributed by atoms with Crippen molar-refractivity contribution in [1.82, 2.24) is 4.98 Å². The summed E-state index contributed by atoms with van der Waals surface area (Å²) in [5.74, 6) is 0.791. The number of halogens is 1. The normalized spacial score (nSPS) is 11.4. The number of nitrogens with one attached hydrogen (secondary N) is 1. The summed E-state index contributed by atoms with van der Waals surface area (Å²) >= 11 is 2.20. The zero-order valence-electron chi connectivity index (χ0n) is 7.71. The van der Waals surface area contributed by atoms with Gasteiger partial charge in [-0.3, -0.25) is 0 Å². The first kappa shape index (κ1) is 10.7. The van der Waals surface area contributed by atoms with Gasteiger partial charge in [-0.15, -0.1) is 0 Å². The second kappa shape index (κ2) is 4.23. The van der Waals surface area contributed by atoms with E-state index in [2.05, 4.69) is 32.9 Å². The van der Waals surface area contributed by atoms with E-state index in [1.165, 1.54) is 0 Å². The maximum absolute atomic E-state index is 9.02. The van der Waals surface area contributed by atoms with Gasteiger partial charge in [0.2, 0.25) is 0 Å². The first-order valence-corrected chi connectivity index (χ1v) is 5.12. The monoisotopic (exact) mass is 292 g/mol. The number of anilines is 1. The number of aliphatic hydroxyl groups excluding tert-OH is 1. The molecule has 0 bridgehead atoms. The summed E-state index contributed by atoms with van der Waals surface area (Å²) in [5, 5.41) is 12.1. The molecule has 0 aliphatic heterocycles. The molecule has 0 amide bonds. The van der Waals surface area contributed by atoms with Crippen molar-refractivity contribution in [3.8, 4) is 0 Å². The fraction of sp³-hybridized carbons (Fsp3) is 0.444. The van der Waals surface area contributed by atoms with Gasteiger partial charge in [-0.05, 0) is 48.6 Å². The molecule has 1 rings (SSSR count). The zero-order chi connectivity index (χ0) is 9.90. The van der Waals surface area contributed by atoms with Gasteiger partial charge in [0.25, 0.3) is 0 Å². The average Bonchev–Trinajstić information content (AvgIpc) is 2.09. The molecule has 0 saturated heterocycles. The molecule has 0 fully saturated rings. The van der Waals surface area contributed by atoms with Crippen LogP contribution in [0.4, 0.5) is 5.82 Å². The molecule has 0 spiro atoms. The molecular weight excluding hydrogens is 279 g/mol. The number of rotatable bonds is 3. The molecule has 0 saturated carbocycles. The molecule has 72 valence electrons. The lowest BCUT2D eigenvalue weighted by atomic mass is 10.1. The number of nitrogens with zero attached hydrogens (tertiary/aromatic N) is 1. The molecular formula is C9H13IN2O. The third kappa shape index (κ3) is 3.48. The van der Waals surface area contributed by atoms with Crippen molar-refractivity contribution >= 4 is 28.4 Å². The van der Waals surface area contributed by atoms with Gasteiger partial charge in [0.15, 0.2) is 0 Å². The standard InChI is InChI=1S/C9H13IN2O/c1-9(2,6-13)12-8-4-3-7(10)5-11-8/h3-5,13H,6H2,1-2H3,(H,11,12). The molecule has 3 nitrogen and oxygen atoms in total. The summed E-state index contributed by atoms with van der Waals surface area (Å²) in [4.78, 5) is 4.18. The minimum Gasteiger partial charge on any atom is -0.394 e. The lowest BCUT2D eigenvalue weighted by Crippen LogP contribution is -2.35. The lowest BCUT2D eigenvalue weighted by molar-refractivity contribution is 0.234. The quantitative estimate of drug-likeness (QED) is 0.836. The number of aliphatic hydroxyl groups is 1. The maximum Gasteiger partial charge on any atom is 0.126 e. The molecule has 0 radical (unpaired) electrons. The van der Waals surface area contributed by atoms with Gasteiger partial charge in [-0.1, -0.05) is 0 Å². The van der Waals surface area contributed by atoms with Crippen LogP contribution < -0.4 is 5.32 Å². The Morgan fingerprint density at radius 2 is 2.23 bits per heavy atom. The minimum atomic E-state index is -0.320. The lowest BCUT2D eigenvalue weighted by Gasteiger charge is -2.23. The van der Waals surface area contributed by atoms with Crippen LogP contribution in [-0.2, 0) is 0 Å². The van der Waals surface area contributed by atoms with Gasteiger partial charge in [0.1, 0.15) is 5.82 Å². The molecule has 1 aromatic rings. The fourth-order valence-electron chi connectivity index (χ4n) is 0.836. The van der Waals surface area contributed by atoms with Crippen LogP contribution in [0, 0.1) is 3.57 Å². The number of hydrogen-bond donors (Lipinski definition) is 2. The predicted octanol–water partition coefficient (Wildman–Crippen LogP) is 1.87. The maximum atomic E-state index is 9.02. The minimum absolute atomic E-state index is 0.0840. The van der Waals surface area contributed by atoms with Crippen molar-refractivity contribution in [2.45, 2.75) is 19.4 Å². The van der Waals surface area contributed by atoms with Gasteiger partial charge in [-0.2, -0.15) is 0 Å². The number of pyridine rings is 1. The zero-order valence-corrected chi connectivity index (χ0v) is 9.87. The SMILES string of the molecule is CC(C)(CO)Nc1ccc(I)cn1. The number of aromatic nitrogens is 1. The topological polar surface area (TPSA) is 45.1 Å². The third-order valence-electron chi connectivity index (χ3n) is 1.59. The summed E-state index contributed by atoms with van der Waals surface area (Å²) in [6.07, 6.45) is 1.79. The Balaban J connectivity index is 2.69. The Hall–Kier alpha value is -0.360. The molecule has 0 aliphatic rings. The summed E-state index contributed by atoms with van der Waals surface area (Å²) in [7, 11) is 0. The second-order valence-corrected chi connectivity index (χ2v) is 4.77. The summed E-state index contributed by atoms with van der Waals surface area (Å²) < 4.78 is 1.10. The van der Waals surface area contributed by atoms with Crippen LogP contribution in [0.15, 0.2) is 18.3 Å². The molecule has 0 unspecified atom stereocenters. The van der Waals surface area contributed by atoms with Gasteiger partial charge in [0.05, 0.1) is 12.1 Å². The second-order valence-electron chi connectivity index (χ2n) is 3.53. The summed E-state index contributed by atoms with van der Waals surface area (Å²) in [6.45, 7) is 3.93. The Morgan fingerprint density at radius 3 is 2.69 bits per heavy atom. The van der Waals surface area contributed by atoms with E-state index in [0.29, 0.717) is 0 Å². The Labute approximate surface area is 91.7 Å². The van der Waals surface area contributed by atoms with Crippen LogP contribution in [0.2, 0.25) is 0 Å². The van der Waals surface area contributed by atoms with Crippen molar-refractivity contribution in [2.75, 3.05) is 11.9 Å². The molecule has 1 aromatic heterocycles. The van der Waals surface area contributed by atoms with Gasteiger partial charge in [0, 0.05) is 9.77 Å². The van der Waals surface area contributed by atoms with Crippen LogP contribution in [0.3, 0.4) is 0 Å². The Kier molecular flexibility index (Phi) is 3.49. The molecule has 0 aliphatic carbocycles.